The topological polar surface area (TPSA) is 159 Å². The molecule has 0 aliphatic carbocycles. The van der Waals surface area contributed by atoms with Gasteiger partial charge < -0.3 is 24.5 Å². The fourth-order valence-electron chi connectivity index (χ4n) is 3.89. The molecule has 2 N–H and O–H groups in total. The van der Waals surface area contributed by atoms with Crippen LogP contribution in [-0.2, 0) is 31.7 Å². The number of imidazole rings is 1. The van der Waals surface area contributed by atoms with Gasteiger partial charge in [0, 0.05) is 34.6 Å². The Hall–Kier alpha value is -3.81. The summed E-state index contributed by atoms with van der Waals surface area (Å²) in [7, 11) is -1.24. The number of nitrogens with zero attached hydrogens (tertiary/aromatic N) is 3. The SMILES string of the molecule is COc1ccc2c(c1)nc([S+]([O-])Cc1ncc(C)c(OC)c1C)n2S(=O)(=O)c1ccc(OCC(N)=O)cc1. The Bertz CT molecular complexity index is 1600. The lowest BCUT2D eigenvalue weighted by atomic mass is 10.1. The van der Waals surface area contributed by atoms with Gasteiger partial charge in [-0.05, 0) is 50.2 Å². The Morgan fingerprint density at radius 2 is 1.76 bits per heavy atom. The largest absolute Gasteiger partial charge is 0.609 e. The van der Waals surface area contributed by atoms with Crippen molar-refractivity contribution in [3.8, 4) is 17.2 Å². The number of pyridine rings is 1. The van der Waals surface area contributed by atoms with Crippen LogP contribution in [0.2, 0.25) is 0 Å². The van der Waals surface area contributed by atoms with Crippen molar-refractivity contribution < 1.29 is 32.0 Å². The molecule has 4 aromatic rings. The minimum Gasteiger partial charge on any atom is -0.609 e. The van der Waals surface area contributed by atoms with Crippen LogP contribution in [0.3, 0.4) is 0 Å². The minimum absolute atomic E-state index is 0.0850. The maximum atomic E-state index is 13.8. The summed E-state index contributed by atoms with van der Waals surface area (Å²) in [5, 5.41) is -0.164. The highest BCUT2D eigenvalue weighted by Gasteiger charge is 2.32. The van der Waals surface area contributed by atoms with Gasteiger partial charge in [0.25, 0.3) is 15.9 Å². The molecule has 2 aromatic heterocycles. The van der Waals surface area contributed by atoms with Crippen LogP contribution in [-0.4, -0.2) is 53.6 Å². The van der Waals surface area contributed by atoms with E-state index in [1.165, 1.54) is 31.4 Å². The van der Waals surface area contributed by atoms with E-state index in [1.807, 2.05) is 6.92 Å². The number of methoxy groups -OCH3 is 2. The van der Waals surface area contributed by atoms with E-state index in [2.05, 4.69) is 9.97 Å². The lowest BCUT2D eigenvalue weighted by Gasteiger charge is -2.15. The van der Waals surface area contributed by atoms with Crippen LogP contribution in [0, 0.1) is 13.8 Å². The number of hydrogen-bond donors (Lipinski definition) is 1. The molecule has 200 valence electrons. The number of nitrogens with two attached hydrogens (primary N) is 1. The molecule has 1 atom stereocenters. The lowest BCUT2D eigenvalue weighted by molar-refractivity contribution is -0.119. The lowest BCUT2D eigenvalue weighted by Crippen LogP contribution is -2.21. The van der Waals surface area contributed by atoms with Crippen molar-refractivity contribution in [3.63, 3.8) is 0 Å². The van der Waals surface area contributed by atoms with Gasteiger partial charge in [-0.25, -0.2) is 8.42 Å². The van der Waals surface area contributed by atoms with Crippen molar-refractivity contribution >= 4 is 38.1 Å². The maximum absolute atomic E-state index is 13.8. The first kappa shape index (κ1) is 27.2. The van der Waals surface area contributed by atoms with Crippen molar-refractivity contribution in [3.05, 3.63) is 65.5 Å². The molecule has 38 heavy (non-hydrogen) atoms. The molecular weight excluding hydrogens is 532 g/mol. The van der Waals surface area contributed by atoms with Gasteiger partial charge in [-0.3, -0.25) is 9.78 Å². The Morgan fingerprint density at radius 1 is 1.08 bits per heavy atom. The fraction of sp³-hybridized carbons (Fsp3) is 0.240. The number of hydrogen-bond acceptors (Lipinski definition) is 9. The standard InChI is InChI=1S/C25H26N4O7S2/c1-15-12-27-21(16(2)24(15)35-4)14-37(31)25-28-20-11-18(34-3)7-10-22(20)29(25)38(32,33)19-8-5-17(6-9-19)36-13-23(26)30/h5-12H,13-14H2,1-4H3,(H2,26,30). The molecule has 13 heteroatoms. The van der Waals surface area contributed by atoms with Crippen molar-refractivity contribution in [2.24, 2.45) is 5.73 Å². The summed E-state index contributed by atoms with van der Waals surface area (Å²) >= 11 is -1.91. The van der Waals surface area contributed by atoms with E-state index in [0.29, 0.717) is 28.3 Å². The number of fused-ring (bicyclic) bond motifs is 1. The number of benzene rings is 2. The third kappa shape index (κ3) is 5.26. The van der Waals surface area contributed by atoms with E-state index in [1.54, 1.807) is 38.4 Å². The Kier molecular flexibility index (Phi) is 7.81. The fourth-order valence-corrected chi connectivity index (χ4v) is 6.94. The Labute approximate surface area is 222 Å². The second-order valence-electron chi connectivity index (χ2n) is 8.28. The van der Waals surface area contributed by atoms with Crippen LogP contribution in [0.4, 0.5) is 0 Å². The Morgan fingerprint density at radius 3 is 2.39 bits per heavy atom. The monoisotopic (exact) mass is 558 g/mol. The zero-order chi connectivity index (χ0) is 27.6. The highest BCUT2D eigenvalue weighted by atomic mass is 32.2. The van der Waals surface area contributed by atoms with E-state index in [4.69, 9.17) is 19.9 Å². The molecule has 0 fully saturated rings. The summed E-state index contributed by atoms with van der Waals surface area (Å²) in [4.78, 5) is 19.7. The number of carbonyl (C=O) groups excluding carboxylic acids is 1. The van der Waals surface area contributed by atoms with Gasteiger partial charge in [-0.2, -0.15) is 8.96 Å². The zero-order valence-electron chi connectivity index (χ0n) is 21.1. The molecule has 0 radical (unpaired) electrons. The highest BCUT2D eigenvalue weighted by Crippen LogP contribution is 2.32. The van der Waals surface area contributed by atoms with E-state index >= 15 is 0 Å². The van der Waals surface area contributed by atoms with Crippen LogP contribution in [0.15, 0.2) is 58.7 Å². The summed E-state index contributed by atoms with van der Waals surface area (Å²) in [6.45, 7) is 3.31. The number of aryl methyl sites for hydroxylation is 1. The average molecular weight is 559 g/mol. The number of aromatic nitrogens is 3. The predicted molar refractivity (Wildman–Crippen MR) is 140 cm³/mol. The van der Waals surface area contributed by atoms with Gasteiger partial charge in [0.05, 0.1) is 35.8 Å². The molecule has 0 bridgehead atoms. The van der Waals surface area contributed by atoms with Gasteiger partial charge in [-0.1, -0.05) is 0 Å². The summed E-state index contributed by atoms with van der Waals surface area (Å²) in [6, 6.07) is 10.2. The molecule has 0 saturated heterocycles. The summed E-state index contributed by atoms with van der Waals surface area (Å²) in [5.74, 6) is 0.607. The third-order valence-corrected chi connectivity index (χ3v) is 8.81. The third-order valence-electron chi connectivity index (χ3n) is 5.76. The molecule has 0 aliphatic heterocycles. The zero-order valence-corrected chi connectivity index (χ0v) is 22.8. The van der Waals surface area contributed by atoms with Gasteiger partial charge in [-0.15, -0.1) is 0 Å². The molecule has 4 rings (SSSR count). The van der Waals surface area contributed by atoms with Crippen molar-refractivity contribution in [2.45, 2.75) is 29.7 Å². The maximum Gasteiger partial charge on any atom is 0.338 e. The minimum atomic E-state index is -4.26. The van der Waals surface area contributed by atoms with Gasteiger partial charge in [0.15, 0.2) is 12.4 Å². The van der Waals surface area contributed by atoms with Crippen LogP contribution in [0.1, 0.15) is 16.8 Å². The van der Waals surface area contributed by atoms with Crippen LogP contribution in [0.5, 0.6) is 17.2 Å². The highest BCUT2D eigenvalue weighted by molar-refractivity contribution is 7.93. The molecule has 2 heterocycles. The Balaban J connectivity index is 1.80. The summed E-state index contributed by atoms with van der Waals surface area (Å²) in [6.07, 6.45) is 1.62. The molecule has 1 amide bonds. The molecule has 0 aliphatic rings. The van der Waals surface area contributed by atoms with E-state index in [-0.39, 0.29) is 33.7 Å². The van der Waals surface area contributed by atoms with E-state index < -0.39 is 27.1 Å². The quantitative estimate of drug-likeness (QED) is 0.289. The van der Waals surface area contributed by atoms with Crippen molar-refractivity contribution in [1.29, 1.82) is 0 Å². The second-order valence-corrected chi connectivity index (χ2v) is 11.4. The molecule has 0 saturated carbocycles. The van der Waals surface area contributed by atoms with Gasteiger partial charge in [0.2, 0.25) is 0 Å². The average Bonchev–Trinajstić information content (AvgIpc) is 3.29. The second kappa shape index (κ2) is 10.9. The number of rotatable bonds is 10. The molecule has 11 nitrogen and oxygen atoms in total. The normalized spacial score (nSPS) is 12.3. The predicted octanol–water partition coefficient (Wildman–Crippen LogP) is 2.47. The molecular formula is C25H26N4O7S2. The number of primary amides is 1. The first-order chi connectivity index (χ1) is 18.1. The van der Waals surface area contributed by atoms with Gasteiger partial charge >= 0.3 is 5.16 Å². The van der Waals surface area contributed by atoms with Crippen molar-refractivity contribution in [1.82, 2.24) is 13.9 Å². The van der Waals surface area contributed by atoms with Crippen LogP contribution >= 0.6 is 0 Å². The van der Waals surface area contributed by atoms with Crippen LogP contribution < -0.4 is 19.9 Å². The number of ether oxygens (including phenoxy) is 3. The van der Waals surface area contributed by atoms with Crippen LogP contribution in [0.25, 0.3) is 11.0 Å². The molecule has 1 unspecified atom stereocenters. The summed E-state index contributed by atoms with van der Waals surface area (Å²) < 4.78 is 58.2. The number of amides is 1. The van der Waals surface area contributed by atoms with Crippen molar-refractivity contribution in [2.75, 3.05) is 20.8 Å². The first-order valence-corrected chi connectivity index (χ1v) is 14.0. The molecule has 0 spiro atoms. The number of carbonyl (C=O) groups is 1. The first-order valence-electron chi connectivity index (χ1n) is 11.3. The van der Waals surface area contributed by atoms with E-state index in [0.717, 1.165) is 9.54 Å². The summed E-state index contributed by atoms with van der Waals surface area (Å²) in [5.41, 5.74) is 7.64. The van der Waals surface area contributed by atoms with Gasteiger partial charge in [0.1, 0.15) is 17.2 Å². The molecule has 2 aromatic carbocycles. The smallest absolute Gasteiger partial charge is 0.338 e. The van der Waals surface area contributed by atoms with E-state index in [9.17, 15) is 17.8 Å².